The van der Waals surface area contributed by atoms with Gasteiger partial charge < -0.3 is 15.2 Å². The topological polar surface area (TPSA) is 75.6 Å². The molecule has 0 radical (unpaired) electrons. The van der Waals surface area contributed by atoms with Crippen LogP contribution in [0.2, 0.25) is 0 Å². The monoisotopic (exact) mass is 291 g/mol. The summed E-state index contributed by atoms with van der Waals surface area (Å²) in [5.41, 5.74) is 0.273. The highest BCUT2D eigenvalue weighted by molar-refractivity contribution is 5.94. The van der Waals surface area contributed by atoms with E-state index in [0.29, 0.717) is 5.56 Å². The van der Waals surface area contributed by atoms with Gasteiger partial charge >= 0.3 is 12.1 Å². The van der Waals surface area contributed by atoms with Crippen molar-refractivity contribution >= 4 is 11.9 Å². The van der Waals surface area contributed by atoms with Crippen molar-refractivity contribution in [3.8, 4) is 5.75 Å². The van der Waals surface area contributed by atoms with Gasteiger partial charge in [0, 0.05) is 0 Å². The molecule has 2 N–H and O–H groups in total. The average Bonchev–Trinajstić information content (AvgIpc) is 2.36. The second-order valence-corrected chi connectivity index (χ2v) is 3.94. The number of esters is 1. The highest BCUT2D eigenvalue weighted by Crippen LogP contribution is 2.21. The molecule has 0 bridgehead atoms. The quantitative estimate of drug-likeness (QED) is 0.825. The number of carbonyl (C=O) groups excluding carboxylic acids is 2. The molecule has 1 aromatic carbocycles. The smallest absolute Gasteiger partial charge is 0.405 e. The number of phenols is 1. The van der Waals surface area contributed by atoms with Gasteiger partial charge in [0.05, 0.1) is 0 Å². The van der Waals surface area contributed by atoms with Crippen molar-refractivity contribution in [1.29, 1.82) is 0 Å². The zero-order valence-corrected chi connectivity index (χ0v) is 10.5. The molecule has 0 aliphatic carbocycles. The number of phenolic OH excluding ortho intramolecular Hbond substituents is 1. The Kier molecular flexibility index (Phi) is 4.95. The number of alkyl halides is 3. The number of amides is 1. The Balaban J connectivity index is 2.51. The first-order chi connectivity index (χ1) is 9.20. The van der Waals surface area contributed by atoms with Crippen molar-refractivity contribution in [3.63, 3.8) is 0 Å². The fourth-order valence-corrected chi connectivity index (χ4v) is 1.28. The lowest BCUT2D eigenvalue weighted by Gasteiger charge is -2.09. The maximum absolute atomic E-state index is 11.8. The summed E-state index contributed by atoms with van der Waals surface area (Å²) < 4.78 is 40.0. The summed E-state index contributed by atoms with van der Waals surface area (Å²) in [6.07, 6.45) is -4.53. The first kappa shape index (κ1) is 15.8. The highest BCUT2D eigenvalue weighted by Gasteiger charge is 2.27. The zero-order valence-electron chi connectivity index (χ0n) is 10.5. The Bertz CT molecular complexity index is 514. The van der Waals surface area contributed by atoms with Gasteiger partial charge in [-0.05, 0) is 18.6 Å². The minimum atomic E-state index is -4.53. The molecule has 0 saturated carbocycles. The molecular formula is C12H12F3NO4. The van der Waals surface area contributed by atoms with Gasteiger partial charge in [0.15, 0.2) is 6.61 Å². The van der Waals surface area contributed by atoms with Crippen molar-refractivity contribution in [2.24, 2.45) is 0 Å². The Morgan fingerprint density at radius 1 is 1.35 bits per heavy atom. The molecule has 0 aliphatic rings. The van der Waals surface area contributed by atoms with E-state index in [1.807, 2.05) is 0 Å². The van der Waals surface area contributed by atoms with Gasteiger partial charge in [0.25, 0.3) is 5.91 Å². The van der Waals surface area contributed by atoms with Crippen molar-refractivity contribution < 1.29 is 32.6 Å². The summed E-state index contributed by atoms with van der Waals surface area (Å²) in [6.45, 7) is -0.802. The maximum Gasteiger partial charge on any atom is 0.405 e. The van der Waals surface area contributed by atoms with Gasteiger partial charge in [-0.3, -0.25) is 4.79 Å². The largest absolute Gasteiger partial charge is 0.507 e. The maximum atomic E-state index is 11.8. The summed E-state index contributed by atoms with van der Waals surface area (Å²) in [5, 5.41) is 11.1. The van der Waals surface area contributed by atoms with Crippen LogP contribution in [0.5, 0.6) is 5.75 Å². The molecule has 0 aromatic heterocycles. The molecule has 110 valence electrons. The molecule has 0 spiro atoms. The van der Waals surface area contributed by atoms with E-state index in [4.69, 9.17) is 0 Å². The molecule has 0 fully saturated rings. The molecule has 0 aliphatic heterocycles. The number of para-hydroxylation sites is 1. The molecule has 0 unspecified atom stereocenters. The summed E-state index contributed by atoms with van der Waals surface area (Å²) in [4.78, 5) is 22.6. The number of hydrogen-bond donors (Lipinski definition) is 2. The number of carbonyl (C=O) groups is 2. The molecule has 0 saturated heterocycles. The predicted octanol–water partition coefficient (Wildman–Crippen LogP) is 1.54. The number of hydrogen-bond acceptors (Lipinski definition) is 4. The highest BCUT2D eigenvalue weighted by atomic mass is 19.4. The predicted molar refractivity (Wildman–Crippen MR) is 62.2 cm³/mol. The molecule has 20 heavy (non-hydrogen) atoms. The molecule has 0 atom stereocenters. The van der Waals surface area contributed by atoms with Crippen molar-refractivity contribution in [2.45, 2.75) is 13.1 Å². The summed E-state index contributed by atoms with van der Waals surface area (Å²) in [5.74, 6) is -2.37. The van der Waals surface area contributed by atoms with Crippen molar-refractivity contribution in [3.05, 3.63) is 29.3 Å². The van der Waals surface area contributed by atoms with E-state index in [1.54, 1.807) is 18.3 Å². The third kappa shape index (κ3) is 4.79. The molecule has 8 heteroatoms. The average molecular weight is 291 g/mol. The summed E-state index contributed by atoms with van der Waals surface area (Å²) in [6, 6.07) is 4.33. The molecule has 5 nitrogen and oxygen atoms in total. The zero-order chi connectivity index (χ0) is 15.3. The standard InChI is InChI=1S/C12H12F3NO4/c1-7-3-2-4-8(10(7)18)11(19)20-5-9(17)16-6-12(13,14)15/h2-4,18H,5-6H2,1H3,(H,16,17). The fourth-order valence-electron chi connectivity index (χ4n) is 1.28. The van der Waals surface area contributed by atoms with Crippen LogP contribution in [0.1, 0.15) is 15.9 Å². The number of ether oxygens (including phenoxy) is 1. The van der Waals surface area contributed by atoms with Crippen LogP contribution in [-0.2, 0) is 9.53 Å². The van der Waals surface area contributed by atoms with Crippen LogP contribution in [0.25, 0.3) is 0 Å². The minimum absolute atomic E-state index is 0.159. The Morgan fingerprint density at radius 3 is 2.60 bits per heavy atom. The van der Waals surface area contributed by atoms with Gasteiger partial charge in [-0.25, -0.2) is 4.79 Å². The van der Waals surface area contributed by atoms with Crippen molar-refractivity contribution in [1.82, 2.24) is 5.32 Å². The van der Waals surface area contributed by atoms with Gasteiger partial charge in [0.2, 0.25) is 0 Å². The first-order valence-corrected chi connectivity index (χ1v) is 5.50. The van der Waals surface area contributed by atoms with Crippen LogP contribution in [-0.4, -0.2) is 36.3 Å². The van der Waals surface area contributed by atoms with E-state index >= 15 is 0 Å². The SMILES string of the molecule is Cc1cccc(C(=O)OCC(=O)NCC(F)(F)F)c1O. The molecule has 1 rings (SSSR count). The fraction of sp³-hybridized carbons (Fsp3) is 0.333. The molecule has 1 aromatic rings. The van der Waals surface area contributed by atoms with Crippen molar-refractivity contribution in [2.75, 3.05) is 13.2 Å². The van der Waals surface area contributed by atoms with E-state index in [1.165, 1.54) is 12.1 Å². The van der Waals surface area contributed by atoms with Gasteiger partial charge in [-0.1, -0.05) is 12.1 Å². The van der Waals surface area contributed by atoms with E-state index < -0.39 is 31.2 Å². The van der Waals surface area contributed by atoms with Crippen LogP contribution in [0, 0.1) is 6.92 Å². The third-order valence-corrected chi connectivity index (χ3v) is 2.28. The summed E-state index contributed by atoms with van der Waals surface area (Å²) >= 11 is 0. The second kappa shape index (κ2) is 6.27. The first-order valence-electron chi connectivity index (χ1n) is 5.50. The summed E-state index contributed by atoms with van der Waals surface area (Å²) in [7, 11) is 0. The number of benzene rings is 1. The van der Waals surface area contributed by atoms with E-state index in [2.05, 4.69) is 4.74 Å². The number of halogens is 3. The van der Waals surface area contributed by atoms with Crippen LogP contribution < -0.4 is 5.32 Å². The van der Waals surface area contributed by atoms with Gasteiger partial charge in [-0.15, -0.1) is 0 Å². The number of nitrogens with one attached hydrogen (secondary N) is 1. The van der Waals surface area contributed by atoms with Crippen LogP contribution >= 0.6 is 0 Å². The van der Waals surface area contributed by atoms with Gasteiger partial charge in [0.1, 0.15) is 17.9 Å². The second-order valence-electron chi connectivity index (χ2n) is 3.94. The van der Waals surface area contributed by atoms with Crippen LogP contribution in [0.4, 0.5) is 13.2 Å². The van der Waals surface area contributed by atoms with E-state index in [9.17, 15) is 27.9 Å². The lowest BCUT2D eigenvalue weighted by Crippen LogP contribution is -2.36. The molecule has 1 amide bonds. The van der Waals surface area contributed by atoms with E-state index in [0.717, 1.165) is 0 Å². The normalized spacial score (nSPS) is 11.0. The van der Waals surface area contributed by atoms with Gasteiger partial charge in [-0.2, -0.15) is 13.2 Å². The molecular weight excluding hydrogens is 279 g/mol. The molecule has 0 heterocycles. The van der Waals surface area contributed by atoms with E-state index in [-0.39, 0.29) is 11.3 Å². The number of aryl methyl sites for hydroxylation is 1. The Morgan fingerprint density at radius 2 is 2.00 bits per heavy atom. The minimum Gasteiger partial charge on any atom is -0.507 e. The van der Waals surface area contributed by atoms with Crippen LogP contribution in [0.3, 0.4) is 0 Å². The number of rotatable bonds is 4. The Labute approximate surface area is 112 Å². The third-order valence-electron chi connectivity index (χ3n) is 2.28. The number of aromatic hydroxyl groups is 1. The Hall–Kier alpha value is -2.25. The van der Waals surface area contributed by atoms with Crippen LogP contribution in [0.15, 0.2) is 18.2 Å². The lowest BCUT2D eigenvalue weighted by atomic mass is 10.1. The lowest BCUT2D eigenvalue weighted by molar-refractivity contribution is -0.140.